The number of amides is 1. The first-order valence-corrected chi connectivity index (χ1v) is 11.1. The Balaban J connectivity index is 1.33. The van der Waals surface area contributed by atoms with Crippen molar-refractivity contribution in [2.24, 2.45) is 0 Å². The van der Waals surface area contributed by atoms with Crippen LogP contribution in [0.4, 0.5) is 17.1 Å². The summed E-state index contributed by atoms with van der Waals surface area (Å²) in [6.45, 7) is 7.05. The molecule has 4 rings (SSSR count). The van der Waals surface area contributed by atoms with Crippen LogP contribution >= 0.6 is 0 Å². The van der Waals surface area contributed by atoms with E-state index in [-0.39, 0.29) is 30.3 Å². The number of hydrogen-bond acceptors (Lipinski definition) is 9. The lowest BCUT2D eigenvalue weighted by molar-refractivity contribution is -0.385. The minimum absolute atomic E-state index is 0.183. The van der Waals surface area contributed by atoms with Crippen LogP contribution in [0.5, 0.6) is 11.5 Å². The molecule has 0 spiro atoms. The molecule has 1 fully saturated rings. The monoisotopic (exact) mass is 470 g/mol. The number of esters is 1. The maximum absolute atomic E-state index is 12.5. The molecule has 11 heteroatoms. The number of rotatable bonds is 7. The molecule has 2 aromatic rings. The molecule has 1 amide bonds. The number of likely N-dealkylation sites (N-methyl/N-ethyl adjacent to an activating group) is 1. The quantitative estimate of drug-likeness (QED) is 0.369. The summed E-state index contributed by atoms with van der Waals surface area (Å²) in [5, 5.41) is 14.0. The lowest BCUT2D eigenvalue weighted by atomic mass is 10.1. The van der Waals surface area contributed by atoms with Crippen LogP contribution in [0.1, 0.15) is 17.3 Å². The van der Waals surface area contributed by atoms with E-state index in [2.05, 4.69) is 22.0 Å². The fraction of sp³-hybridized carbons (Fsp3) is 0.391. The van der Waals surface area contributed by atoms with Gasteiger partial charge in [-0.1, -0.05) is 6.92 Å². The van der Waals surface area contributed by atoms with Crippen LogP contribution in [0, 0.1) is 10.1 Å². The smallest absolute Gasteiger partial charge is 0.345 e. The average molecular weight is 470 g/mol. The second-order valence-electron chi connectivity index (χ2n) is 7.86. The molecule has 34 heavy (non-hydrogen) atoms. The van der Waals surface area contributed by atoms with Crippen LogP contribution in [0.15, 0.2) is 36.4 Å². The Morgan fingerprint density at radius 2 is 1.71 bits per heavy atom. The predicted octanol–water partition coefficient (Wildman–Crippen LogP) is 2.30. The van der Waals surface area contributed by atoms with Gasteiger partial charge in [0.1, 0.15) is 18.8 Å². The first kappa shape index (κ1) is 23.3. The van der Waals surface area contributed by atoms with Gasteiger partial charge in [-0.2, -0.15) is 0 Å². The minimum Gasteiger partial charge on any atom is -0.486 e. The third-order valence-electron chi connectivity index (χ3n) is 5.75. The number of benzene rings is 2. The summed E-state index contributed by atoms with van der Waals surface area (Å²) in [5.41, 5.74) is 0.841. The van der Waals surface area contributed by atoms with E-state index in [1.807, 2.05) is 12.1 Å². The molecular weight excluding hydrogens is 444 g/mol. The average Bonchev–Trinajstić information content (AvgIpc) is 2.87. The van der Waals surface area contributed by atoms with E-state index in [0.29, 0.717) is 5.69 Å². The fourth-order valence-corrected chi connectivity index (χ4v) is 3.88. The van der Waals surface area contributed by atoms with Crippen LogP contribution in [0.3, 0.4) is 0 Å². The van der Waals surface area contributed by atoms with E-state index < -0.39 is 29.1 Å². The maximum atomic E-state index is 12.5. The van der Waals surface area contributed by atoms with Gasteiger partial charge < -0.3 is 29.3 Å². The Morgan fingerprint density at radius 3 is 2.32 bits per heavy atom. The highest BCUT2D eigenvalue weighted by molar-refractivity contribution is 5.98. The minimum atomic E-state index is -1.000. The van der Waals surface area contributed by atoms with Gasteiger partial charge in [-0.3, -0.25) is 14.9 Å². The van der Waals surface area contributed by atoms with Crippen molar-refractivity contribution in [3.8, 4) is 11.5 Å². The highest BCUT2D eigenvalue weighted by atomic mass is 16.6. The first-order valence-electron chi connectivity index (χ1n) is 11.1. The Kier molecular flexibility index (Phi) is 7.12. The molecule has 0 aromatic heterocycles. The molecule has 2 heterocycles. The number of carbonyl (C=O) groups excluding carboxylic acids is 2. The zero-order valence-corrected chi connectivity index (χ0v) is 18.8. The molecule has 180 valence electrons. The number of hydrogen-bond donors (Lipinski definition) is 1. The van der Waals surface area contributed by atoms with E-state index in [4.69, 9.17) is 14.2 Å². The Morgan fingerprint density at radius 1 is 1.06 bits per heavy atom. The third kappa shape index (κ3) is 5.37. The van der Waals surface area contributed by atoms with Crippen molar-refractivity contribution >= 4 is 28.9 Å². The van der Waals surface area contributed by atoms with E-state index >= 15 is 0 Å². The summed E-state index contributed by atoms with van der Waals surface area (Å²) in [5.74, 6) is -1.16. The summed E-state index contributed by atoms with van der Waals surface area (Å²) in [4.78, 5) is 40.1. The normalized spacial score (nSPS) is 15.5. The van der Waals surface area contributed by atoms with Crippen molar-refractivity contribution in [2.75, 3.05) is 62.8 Å². The molecule has 0 unspecified atom stereocenters. The lowest BCUT2D eigenvalue weighted by Gasteiger charge is -2.35. The number of carbonyl (C=O) groups is 2. The number of nitro benzene ring substituents is 1. The van der Waals surface area contributed by atoms with Crippen molar-refractivity contribution in [1.82, 2.24) is 4.90 Å². The van der Waals surface area contributed by atoms with Crippen molar-refractivity contribution in [1.29, 1.82) is 0 Å². The van der Waals surface area contributed by atoms with Crippen LogP contribution in [0.25, 0.3) is 0 Å². The van der Waals surface area contributed by atoms with Gasteiger partial charge >= 0.3 is 5.97 Å². The molecule has 0 radical (unpaired) electrons. The standard InChI is InChI=1S/C23H26N4O7/c1-2-25-7-9-26(10-8-25)17-5-3-16(4-6-17)24-22(28)15-34-23(29)18-13-20-21(33-12-11-32-20)14-19(18)27(30)31/h3-6,13-14H,2,7-12,15H2,1H3,(H,24,28). The van der Waals surface area contributed by atoms with Gasteiger partial charge in [0, 0.05) is 43.6 Å². The van der Waals surface area contributed by atoms with Gasteiger partial charge in [0.05, 0.1) is 11.0 Å². The zero-order chi connectivity index (χ0) is 24.1. The Hall–Kier alpha value is -3.86. The lowest BCUT2D eigenvalue weighted by Crippen LogP contribution is -2.46. The van der Waals surface area contributed by atoms with Gasteiger partial charge in [0.25, 0.3) is 11.6 Å². The molecule has 1 saturated heterocycles. The Labute approximate surface area is 196 Å². The molecule has 2 aliphatic heterocycles. The third-order valence-corrected chi connectivity index (χ3v) is 5.75. The number of fused-ring (bicyclic) bond motifs is 1. The molecule has 0 atom stereocenters. The van der Waals surface area contributed by atoms with E-state index in [1.165, 1.54) is 6.07 Å². The summed E-state index contributed by atoms with van der Waals surface area (Å²) >= 11 is 0. The second kappa shape index (κ2) is 10.4. The molecule has 11 nitrogen and oxygen atoms in total. The molecule has 1 N–H and O–H groups in total. The highest BCUT2D eigenvalue weighted by Crippen LogP contribution is 2.36. The van der Waals surface area contributed by atoms with Gasteiger partial charge in [0.15, 0.2) is 18.1 Å². The van der Waals surface area contributed by atoms with Crippen molar-refractivity contribution in [3.63, 3.8) is 0 Å². The van der Waals surface area contributed by atoms with Crippen LogP contribution in [0.2, 0.25) is 0 Å². The van der Waals surface area contributed by atoms with Crippen LogP contribution in [-0.4, -0.2) is 74.2 Å². The molecule has 0 bridgehead atoms. The first-order chi connectivity index (χ1) is 16.4. The van der Waals surface area contributed by atoms with Gasteiger partial charge in [-0.15, -0.1) is 0 Å². The van der Waals surface area contributed by atoms with Crippen molar-refractivity contribution in [3.05, 3.63) is 52.1 Å². The number of piperazine rings is 1. The second-order valence-corrected chi connectivity index (χ2v) is 7.86. The molecule has 2 aliphatic rings. The number of nitrogens with zero attached hydrogens (tertiary/aromatic N) is 3. The topological polar surface area (TPSA) is 123 Å². The van der Waals surface area contributed by atoms with E-state index in [9.17, 15) is 19.7 Å². The fourth-order valence-electron chi connectivity index (χ4n) is 3.88. The summed E-state index contributed by atoms with van der Waals surface area (Å²) in [6, 6.07) is 9.75. The summed E-state index contributed by atoms with van der Waals surface area (Å²) in [6.07, 6.45) is 0. The number of ether oxygens (including phenoxy) is 3. The summed E-state index contributed by atoms with van der Waals surface area (Å²) in [7, 11) is 0. The highest BCUT2D eigenvalue weighted by Gasteiger charge is 2.27. The molecule has 0 aliphatic carbocycles. The predicted molar refractivity (Wildman–Crippen MR) is 124 cm³/mol. The molecule has 0 saturated carbocycles. The zero-order valence-electron chi connectivity index (χ0n) is 18.8. The molecular formula is C23H26N4O7. The van der Waals surface area contributed by atoms with Gasteiger partial charge in [-0.05, 0) is 30.8 Å². The van der Waals surface area contributed by atoms with Crippen molar-refractivity contribution < 1.29 is 28.7 Å². The van der Waals surface area contributed by atoms with E-state index in [0.717, 1.165) is 44.5 Å². The van der Waals surface area contributed by atoms with Gasteiger partial charge in [-0.25, -0.2) is 4.79 Å². The largest absolute Gasteiger partial charge is 0.486 e. The van der Waals surface area contributed by atoms with Crippen molar-refractivity contribution in [2.45, 2.75) is 6.92 Å². The summed E-state index contributed by atoms with van der Waals surface area (Å²) < 4.78 is 15.7. The van der Waals surface area contributed by atoms with E-state index in [1.54, 1.807) is 12.1 Å². The maximum Gasteiger partial charge on any atom is 0.345 e. The Bertz CT molecular complexity index is 1070. The van der Waals surface area contributed by atoms with Crippen LogP contribution in [-0.2, 0) is 9.53 Å². The molecule has 2 aromatic carbocycles. The van der Waals surface area contributed by atoms with Gasteiger partial charge in [0.2, 0.25) is 0 Å². The number of nitro groups is 1. The number of nitrogens with one attached hydrogen (secondary N) is 1. The SMILES string of the molecule is CCN1CCN(c2ccc(NC(=O)COC(=O)c3cc4c(cc3[N+](=O)[O-])OCCO4)cc2)CC1. The number of anilines is 2. The van der Waals surface area contributed by atoms with Crippen LogP contribution < -0.4 is 19.7 Å².